The number of hydrogen-bond acceptors (Lipinski definition) is 8. The number of benzene rings is 1. The molecule has 0 bridgehead atoms. The van der Waals surface area contributed by atoms with Gasteiger partial charge in [0.05, 0.1) is 24.9 Å². The Balaban J connectivity index is 1.75. The second-order valence-electron chi connectivity index (χ2n) is 10.0. The Morgan fingerprint density at radius 1 is 1.14 bits per heavy atom. The van der Waals surface area contributed by atoms with Crippen molar-refractivity contribution in [1.82, 2.24) is 29.8 Å². The van der Waals surface area contributed by atoms with Gasteiger partial charge in [-0.25, -0.2) is 14.4 Å². The molecule has 0 saturated carbocycles. The number of nitrogens with zero attached hydrogens (tertiary/aromatic N) is 6. The molecule has 3 heterocycles. The monoisotopic (exact) mass is 526 g/mol. The van der Waals surface area contributed by atoms with Crippen LogP contribution in [0.1, 0.15) is 38.1 Å². The Hall–Kier alpha value is -2.89. The molecule has 0 aliphatic heterocycles. The number of aromatic nitrogens is 6. The number of fused-ring (bicyclic) bond motifs is 1. The van der Waals surface area contributed by atoms with E-state index in [1.54, 1.807) is 23.0 Å². The summed E-state index contributed by atoms with van der Waals surface area (Å²) in [5, 5.41) is 14.2. The quantitative estimate of drug-likeness (QED) is 0.166. The molecule has 3 aromatic heterocycles. The maximum Gasteiger partial charge on any atom is 0.192 e. The first kappa shape index (κ1) is 26.2. The maximum absolute atomic E-state index is 14.7. The lowest BCUT2D eigenvalue weighted by atomic mass is 9.99. The molecule has 0 spiro atoms. The third-order valence-electron chi connectivity index (χ3n) is 6.70. The minimum Gasteiger partial charge on any atom is -0.494 e. The van der Waals surface area contributed by atoms with E-state index in [-0.39, 0.29) is 16.7 Å². The minimum absolute atomic E-state index is 0.0237. The number of thioether (sulfide) groups is 1. The highest BCUT2D eigenvalue weighted by atomic mass is 32.2. The van der Waals surface area contributed by atoms with E-state index in [4.69, 9.17) is 9.16 Å². The zero-order valence-electron chi connectivity index (χ0n) is 21.6. The van der Waals surface area contributed by atoms with E-state index >= 15 is 0 Å². The Morgan fingerprint density at radius 2 is 1.92 bits per heavy atom. The van der Waals surface area contributed by atoms with Crippen LogP contribution in [0.5, 0.6) is 5.75 Å². The normalized spacial score (nSPS) is 13.2. The molecule has 0 fully saturated rings. The number of ether oxygens (including phenoxy) is 1. The first-order valence-corrected chi connectivity index (χ1v) is 15.7. The largest absolute Gasteiger partial charge is 0.494 e. The molecular formula is C25H31FN6O2SSi. The smallest absolute Gasteiger partial charge is 0.192 e. The zero-order valence-corrected chi connectivity index (χ0v) is 23.4. The average Bonchev–Trinajstić information content (AvgIpc) is 3.26. The molecule has 4 rings (SSSR count). The molecule has 11 heteroatoms. The van der Waals surface area contributed by atoms with Crippen LogP contribution in [-0.2, 0) is 4.43 Å². The van der Waals surface area contributed by atoms with Crippen molar-refractivity contribution >= 4 is 25.7 Å². The van der Waals surface area contributed by atoms with Crippen LogP contribution < -0.4 is 4.74 Å². The SMILES string of the molecule is COc1ccc([C@@H](CO[Si](C)(C)C(C)(C)C)c2nnc3cc(-c4ccnc(SC)n4)cnn23)cc1F. The van der Waals surface area contributed by atoms with Crippen LogP contribution in [0.25, 0.3) is 16.9 Å². The lowest BCUT2D eigenvalue weighted by molar-refractivity contribution is 0.270. The summed E-state index contributed by atoms with van der Waals surface area (Å²) >= 11 is 1.47. The first-order chi connectivity index (χ1) is 17.0. The van der Waals surface area contributed by atoms with Crippen LogP contribution in [-0.4, -0.2) is 58.1 Å². The molecule has 1 aromatic carbocycles. The summed E-state index contributed by atoms with van der Waals surface area (Å²) < 4.78 is 28.1. The Morgan fingerprint density at radius 3 is 2.58 bits per heavy atom. The zero-order chi connectivity index (χ0) is 26.1. The fourth-order valence-corrected chi connectivity index (χ4v) is 4.87. The van der Waals surface area contributed by atoms with Crippen molar-refractivity contribution in [2.24, 2.45) is 0 Å². The highest BCUT2D eigenvalue weighted by Crippen LogP contribution is 2.38. The summed E-state index contributed by atoms with van der Waals surface area (Å²) in [5.41, 5.74) is 2.85. The van der Waals surface area contributed by atoms with Crippen molar-refractivity contribution < 1.29 is 13.6 Å². The highest BCUT2D eigenvalue weighted by molar-refractivity contribution is 7.98. The van der Waals surface area contributed by atoms with Gasteiger partial charge in [-0.1, -0.05) is 38.6 Å². The van der Waals surface area contributed by atoms with Gasteiger partial charge in [0.1, 0.15) is 0 Å². The third kappa shape index (κ3) is 5.28. The van der Waals surface area contributed by atoms with Crippen molar-refractivity contribution in [2.75, 3.05) is 20.0 Å². The van der Waals surface area contributed by atoms with Gasteiger partial charge in [0.15, 0.2) is 36.5 Å². The second-order valence-corrected chi connectivity index (χ2v) is 15.6. The first-order valence-electron chi connectivity index (χ1n) is 11.6. The Kier molecular flexibility index (Phi) is 7.44. The van der Waals surface area contributed by atoms with Crippen LogP contribution in [0.3, 0.4) is 0 Å². The van der Waals surface area contributed by atoms with Gasteiger partial charge in [-0.05, 0) is 54.2 Å². The van der Waals surface area contributed by atoms with E-state index in [0.717, 1.165) is 11.3 Å². The summed E-state index contributed by atoms with van der Waals surface area (Å²) in [6, 6.07) is 8.65. The third-order valence-corrected chi connectivity index (χ3v) is 11.8. The molecule has 8 nitrogen and oxygen atoms in total. The van der Waals surface area contributed by atoms with Gasteiger partial charge in [-0.3, -0.25) is 0 Å². The Bertz CT molecular complexity index is 1370. The van der Waals surface area contributed by atoms with Gasteiger partial charge in [-0.2, -0.15) is 9.61 Å². The van der Waals surface area contributed by atoms with Crippen LogP contribution in [0.4, 0.5) is 4.39 Å². The van der Waals surface area contributed by atoms with E-state index in [1.807, 2.05) is 24.5 Å². The topological polar surface area (TPSA) is 87.3 Å². The van der Waals surface area contributed by atoms with Crippen LogP contribution >= 0.6 is 11.8 Å². The van der Waals surface area contributed by atoms with Crippen LogP contribution in [0, 0.1) is 5.82 Å². The minimum atomic E-state index is -2.09. The summed E-state index contributed by atoms with van der Waals surface area (Å²) in [4.78, 5) is 8.78. The van der Waals surface area contributed by atoms with Crippen molar-refractivity contribution in [3.8, 4) is 17.0 Å². The van der Waals surface area contributed by atoms with Crippen molar-refractivity contribution in [2.45, 2.75) is 50.0 Å². The molecule has 190 valence electrons. The van der Waals surface area contributed by atoms with E-state index in [9.17, 15) is 4.39 Å². The molecule has 0 N–H and O–H groups in total. The van der Waals surface area contributed by atoms with Gasteiger partial charge in [0.2, 0.25) is 0 Å². The number of rotatable bonds is 8. The van der Waals surface area contributed by atoms with Crippen molar-refractivity contribution in [3.63, 3.8) is 0 Å². The van der Waals surface area contributed by atoms with Gasteiger partial charge < -0.3 is 9.16 Å². The van der Waals surface area contributed by atoms with E-state index < -0.39 is 14.1 Å². The maximum atomic E-state index is 14.7. The molecule has 0 aliphatic rings. The number of methoxy groups -OCH3 is 1. The molecule has 0 unspecified atom stereocenters. The molecule has 4 aromatic rings. The van der Waals surface area contributed by atoms with Crippen LogP contribution in [0.2, 0.25) is 18.1 Å². The fourth-order valence-electron chi connectivity index (χ4n) is 3.49. The lowest BCUT2D eigenvalue weighted by Gasteiger charge is -2.37. The molecule has 1 atom stereocenters. The van der Waals surface area contributed by atoms with E-state index in [1.165, 1.54) is 24.9 Å². The van der Waals surface area contributed by atoms with Gasteiger partial charge in [-0.15, -0.1) is 10.2 Å². The molecule has 0 amide bonds. The number of hydrogen-bond donors (Lipinski definition) is 0. The summed E-state index contributed by atoms with van der Waals surface area (Å²) in [6.07, 6.45) is 5.38. The molecule has 0 radical (unpaired) electrons. The molecule has 0 aliphatic carbocycles. The Labute approximate surface area is 215 Å². The summed E-state index contributed by atoms with van der Waals surface area (Å²) in [5.74, 6) is -0.0572. The predicted octanol–water partition coefficient (Wildman–Crippen LogP) is 5.60. The van der Waals surface area contributed by atoms with Gasteiger partial charge in [0.25, 0.3) is 0 Å². The predicted molar refractivity (Wildman–Crippen MR) is 142 cm³/mol. The van der Waals surface area contributed by atoms with Gasteiger partial charge >= 0.3 is 0 Å². The van der Waals surface area contributed by atoms with Crippen LogP contribution in [0.15, 0.2) is 47.9 Å². The molecule has 36 heavy (non-hydrogen) atoms. The van der Waals surface area contributed by atoms with Gasteiger partial charge in [0, 0.05) is 18.4 Å². The fraction of sp³-hybridized carbons (Fsp3) is 0.400. The van der Waals surface area contributed by atoms with Crippen molar-refractivity contribution in [1.29, 1.82) is 0 Å². The molecule has 0 saturated heterocycles. The average molecular weight is 527 g/mol. The second kappa shape index (κ2) is 10.2. The van der Waals surface area contributed by atoms with E-state index in [0.29, 0.717) is 28.8 Å². The molecular weight excluding hydrogens is 495 g/mol. The van der Waals surface area contributed by atoms with E-state index in [2.05, 4.69) is 59.1 Å². The van der Waals surface area contributed by atoms with Crippen molar-refractivity contribution in [3.05, 3.63) is 59.9 Å². The lowest BCUT2D eigenvalue weighted by Crippen LogP contribution is -2.42. The summed E-state index contributed by atoms with van der Waals surface area (Å²) in [7, 11) is -0.639. The number of halogens is 1. The standard InChI is InChI=1S/C25H31FN6O2SSi/c1-25(2,3)36(6,7)34-15-18(16-8-9-21(33-4)19(26)12-16)23-31-30-22-13-17(14-28-32(22)23)20-10-11-27-24(29-20)35-5/h8-14,18H,15H2,1-7H3/t18-/m1/s1. The summed E-state index contributed by atoms with van der Waals surface area (Å²) in [6.45, 7) is 11.3. The highest BCUT2D eigenvalue weighted by Gasteiger charge is 2.38.